The lowest BCUT2D eigenvalue weighted by Crippen LogP contribution is -2.59. The Morgan fingerprint density at radius 3 is 2.12 bits per heavy atom. The number of aliphatic hydroxyl groups is 2. The van der Waals surface area contributed by atoms with E-state index < -0.39 is 53.0 Å². The van der Waals surface area contributed by atoms with E-state index in [1.54, 1.807) is 26.3 Å². The third kappa shape index (κ3) is 16.4. The summed E-state index contributed by atoms with van der Waals surface area (Å²) in [6, 6.07) is 33.4. The first-order valence-corrected chi connectivity index (χ1v) is 33.1. The normalized spacial score (nSPS) is 18.4. The lowest BCUT2D eigenvalue weighted by atomic mass is 9.85. The summed E-state index contributed by atoms with van der Waals surface area (Å²) >= 11 is 1.51. The molecule has 7 aromatic rings. The number of halogens is 1. The van der Waals surface area contributed by atoms with Gasteiger partial charge in [0.2, 0.25) is 23.6 Å². The molecule has 1 unspecified atom stereocenters. The predicted molar refractivity (Wildman–Crippen MR) is 352 cm³/mol. The SMILES string of the molecule is Cc1ncsc1-c1ccc([C@H](CC(=O)NCCCCCCNC(=O)CCCCC#Cc2cccc(Cn3c(-c4ccccc4)c(-c4ccccc4)c4c(=N)n(C5CCC(O)CC5)cnc43)c2)NC(=O)[C@@H]2C[C@@H](O)CN2C(=O)C(NC(=O)C2(F)CC2)C(C)(C)C)cc1. The van der Waals surface area contributed by atoms with Crippen LogP contribution >= 0.6 is 11.3 Å². The van der Waals surface area contributed by atoms with Gasteiger partial charge in [-0.1, -0.05) is 143 Å². The van der Waals surface area contributed by atoms with Crippen molar-refractivity contribution < 1.29 is 38.6 Å². The van der Waals surface area contributed by atoms with Gasteiger partial charge in [-0.2, -0.15) is 0 Å². The third-order valence-corrected chi connectivity index (χ3v) is 18.8. The highest BCUT2D eigenvalue weighted by Crippen LogP contribution is 2.42. The van der Waals surface area contributed by atoms with Gasteiger partial charge in [0.15, 0.2) is 5.67 Å². The number of amides is 5. The number of rotatable bonds is 25. The van der Waals surface area contributed by atoms with Gasteiger partial charge in [-0.3, -0.25) is 29.4 Å². The summed E-state index contributed by atoms with van der Waals surface area (Å²) in [6.07, 6.45) is 9.28. The Morgan fingerprint density at radius 1 is 0.780 bits per heavy atom. The van der Waals surface area contributed by atoms with Crippen LogP contribution in [0.25, 0.3) is 43.9 Å². The van der Waals surface area contributed by atoms with E-state index in [1.807, 2.05) is 90.6 Å². The molecular formula is C72H85FN10O7S. The zero-order chi connectivity index (χ0) is 64.2. The summed E-state index contributed by atoms with van der Waals surface area (Å²) in [6.45, 7) is 8.50. The molecule has 4 atom stereocenters. The Balaban J connectivity index is 0.673. The maximum Gasteiger partial charge on any atom is 0.258 e. The van der Waals surface area contributed by atoms with E-state index in [4.69, 9.17) is 4.98 Å². The fourth-order valence-electron chi connectivity index (χ4n) is 12.5. The molecule has 0 radical (unpaired) electrons. The van der Waals surface area contributed by atoms with Crippen LogP contribution in [-0.4, -0.2) is 113 Å². The summed E-state index contributed by atoms with van der Waals surface area (Å²) in [5.74, 6) is 4.40. The number of thiazole rings is 1. The van der Waals surface area contributed by atoms with Gasteiger partial charge in [-0.25, -0.2) is 14.4 Å². The third-order valence-electron chi connectivity index (χ3n) is 17.8. The molecule has 0 spiro atoms. The largest absolute Gasteiger partial charge is 0.393 e. The minimum absolute atomic E-state index is 0.00677. The predicted octanol–water partition coefficient (Wildman–Crippen LogP) is 10.6. The van der Waals surface area contributed by atoms with Crippen LogP contribution in [0.4, 0.5) is 4.39 Å². The molecule has 1 saturated heterocycles. The molecule has 4 heterocycles. The maximum absolute atomic E-state index is 14.8. The number of carbonyl (C=O) groups excluding carboxylic acids is 5. The number of alkyl halides is 1. The lowest BCUT2D eigenvalue weighted by Gasteiger charge is -2.36. The smallest absolute Gasteiger partial charge is 0.258 e. The quantitative estimate of drug-likeness (QED) is 0.0213. The maximum atomic E-state index is 14.8. The van der Waals surface area contributed by atoms with E-state index in [1.165, 1.54) is 16.2 Å². The van der Waals surface area contributed by atoms with Crippen molar-refractivity contribution in [1.82, 2.24) is 45.3 Å². The van der Waals surface area contributed by atoms with E-state index in [2.05, 4.69) is 79.1 Å². The number of benzene rings is 4. The number of nitrogens with one attached hydrogen (secondary N) is 5. The van der Waals surface area contributed by atoms with Gasteiger partial charge < -0.3 is 45.5 Å². The van der Waals surface area contributed by atoms with Crippen molar-refractivity contribution in [3.05, 3.63) is 149 Å². The number of nitrogens with zero attached hydrogens (tertiary/aromatic N) is 5. The number of hydrogen-bond donors (Lipinski definition) is 7. The van der Waals surface area contributed by atoms with Crippen molar-refractivity contribution in [2.24, 2.45) is 5.41 Å². The summed E-state index contributed by atoms with van der Waals surface area (Å²) in [4.78, 5) is 79.4. The monoisotopic (exact) mass is 1250 g/mol. The van der Waals surface area contributed by atoms with Gasteiger partial charge in [0.25, 0.3) is 5.91 Å². The van der Waals surface area contributed by atoms with Crippen LogP contribution in [-0.2, 0) is 30.5 Å². The zero-order valence-electron chi connectivity index (χ0n) is 52.6. The van der Waals surface area contributed by atoms with Crippen molar-refractivity contribution in [2.75, 3.05) is 19.6 Å². The first-order valence-electron chi connectivity index (χ1n) is 32.2. The van der Waals surface area contributed by atoms with Crippen molar-refractivity contribution >= 4 is 51.9 Å². The summed E-state index contributed by atoms with van der Waals surface area (Å²) < 4.78 is 19.0. The molecule has 5 amide bonds. The molecule has 19 heteroatoms. The Labute approximate surface area is 536 Å². The molecule has 0 bridgehead atoms. The van der Waals surface area contributed by atoms with Crippen LogP contribution in [0, 0.1) is 29.6 Å². The molecule has 478 valence electrons. The topological polar surface area (TPSA) is 237 Å². The number of aromatic nitrogens is 4. The fourth-order valence-corrected chi connectivity index (χ4v) is 13.3. The molecule has 91 heavy (non-hydrogen) atoms. The molecular weight excluding hydrogens is 1170 g/mol. The van der Waals surface area contributed by atoms with Gasteiger partial charge in [-0.05, 0) is 116 Å². The molecule has 4 aromatic carbocycles. The van der Waals surface area contributed by atoms with Crippen molar-refractivity contribution in [1.29, 1.82) is 5.41 Å². The standard InChI is InChI=1S/C72H85FN10O7S/c1-47-64(91-46-78-47)53-30-28-50(29-31-53)57(79-68(88)58-41-56(85)44-81(58)69(89)65(71(2,3)4)80-70(90)72(73)36-37-72)42-60(87)76-39-18-8-7-17-38-75-59(86)27-16-6-5-11-20-48-21-19-22-49(40-48)43-82-63(52-25-14-10-15-26-52)61(51-23-12-9-13-24-51)62-66(74)83(45-77-67(62)82)54-32-34-55(84)35-33-54/h9-10,12-15,19,21-26,28-31,40,45-46,54-58,65,74,84-85H,5-8,16-18,27,32-39,41-44H2,1-4H3,(H,75,86)(H,76,87)(H,79,88)(H,80,90)/t54?,55?,56-,57+,58+,65?/m1/s1. The Morgan fingerprint density at radius 2 is 1.46 bits per heavy atom. The van der Waals surface area contributed by atoms with E-state index in [0.717, 1.165) is 99.2 Å². The number of fused-ring (bicyclic) bond motifs is 1. The van der Waals surface area contributed by atoms with Crippen molar-refractivity contribution in [2.45, 2.75) is 179 Å². The van der Waals surface area contributed by atoms with Crippen LogP contribution < -0.4 is 26.8 Å². The Kier molecular flexibility index (Phi) is 21.5. The number of β-amino-alcohol motifs (C(OH)–C–C–N with tert-alkyl or cyclic N) is 1. The van der Waals surface area contributed by atoms with Crippen LogP contribution in [0.3, 0.4) is 0 Å². The van der Waals surface area contributed by atoms with Crippen LogP contribution in [0.1, 0.15) is 158 Å². The second-order valence-electron chi connectivity index (χ2n) is 25.8. The average Bonchev–Trinajstić information content (AvgIpc) is 1.59. The van der Waals surface area contributed by atoms with Gasteiger partial charge in [-0.15, -0.1) is 11.3 Å². The van der Waals surface area contributed by atoms with Gasteiger partial charge >= 0.3 is 0 Å². The highest BCUT2D eigenvalue weighted by atomic mass is 32.1. The lowest BCUT2D eigenvalue weighted by molar-refractivity contribution is -0.145. The molecule has 2 saturated carbocycles. The van der Waals surface area contributed by atoms with Crippen LogP contribution in [0.15, 0.2) is 121 Å². The Bertz CT molecular complexity index is 3820. The summed E-state index contributed by atoms with van der Waals surface area (Å²) in [5.41, 5.74) is 8.55. The highest BCUT2D eigenvalue weighted by molar-refractivity contribution is 7.13. The summed E-state index contributed by atoms with van der Waals surface area (Å²) in [7, 11) is 0. The molecule has 3 fully saturated rings. The molecule has 7 N–H and O–H groups in total. The number of unbranched alkanes of at least 4 members (excludes halogenated alkanes) is 5. The molecule has 2 aliphatic carbocycles. The molecule has 3 aliphatic rings. The first-order chi connectivity index (χ1) is 43.8. The fraction of sp³-hybridized carbons (Fsp3) is 0.444. The molecule has 3 aromatic heterocycles. The first kappa shape index (κ1) is 65.6. The van der Waals surface area contributed by atoms with Crippen LogP contribution in [0.5, 0.6) is 0 Å². The van der Waals surface area contributed by atoms with E-state index >= 15 is 0 Å². The van der Waals surface area contributed by atoms with E-state index in [9.17, 15) is 44.0 Å². The van der Waals surface area contributed by atoms with Crippen molar-refractivity contribution in [3.8, 4) is 44.7 Å². The van der Waals surface area contributed by atoms with Gasteiger partial charge in [0, 0.05) is 62.6 Å². The van der Waals surface area contributed by atoms with E-state index in [-0.39, 0.29) is 56.2 Å². The molecule has 1 aliphatic heterocycles. The number of hydrogen-bond acceptors (Lipinski definition) is 11. The van der Waals surface area contributed by atoms with Gasteiger partial charge in [0.05, 0.1) is 58.2 Å². The van der Waals surface area contributed by atoms with Crippen molar-refractivity contribution in [3.63, 3.8) is 0 Å². The number of aryl methyl sites for hydroxylation is 1. The average molecular weight is 1250 g/mol. The second-order valence-corrected chi connectivity index (χ2v) is 26.7. The molecule has 10 rings (SSSR count). The number of likely N-dealkylation sites (tertiary alicyclic amines) is 1. The zero-order valence-corrected chi connectivity index (χ0v) is 53.4. The second kappa shape index (κ2) is 29.8. The molecule has 17 nitrogen and oxygen atoms in total. The summed E-state index contributed by atoms with van der Waals surface area (Å²) in [5, 5.41) is 43.3. The Hall–Kier alpha value is -8.31. The minimum Gasteiger partial charge on any atom is -0.393 e. The number of aliphatic hydroxyl groups excluding tert-OH is 2. The van der Waals surface area contributed by atoms with Gasteiger partial charge in [0.1, 0.15) is 23.2 Å². The van der Waals surface area contributed by atoms with Crippen LogP contribution in [0.2, 0.25) is 0 Å². The van der Waals surface area contributed by atoms with E-state index in [0.29, 0.717) is 69.2 Å². The minimum atomic E-state index is -2.01. The number of carbonyl (C=O) groups is 5. The highest BCUT2D eigenvalue weighted by Gasteiger charge is 2.53.